The van der Waals surface area contributed by atoms with Gasteiger partial charge in [0.2, 0.25) is 17.8 Å². The van der Waals surface area contributed by atoms with Crippen molar-refractivity contribution in [3.63, 3.8) is 0 Å². The first-order chi connectivity index (χ1) is 10.2. The van der Waals surface area contributed by atoms with E-state index in [0.29, 0.717) is 31.4 Å². The zero-order chi connectivity index (χ0) is 15.5. The van der Waals surface area contributed by atoms with Gasteiger partial charge in [-0.1, -0.05) is 13.8 Å². The third-order valence-electron chi connectivity index (χ3n) is 2.54. The van der Waals surface area contributed by atoms with Gasteiger partial charge in [0.25, 0.3) is 0 Å². The maximum absolute atomic E-state index is 11.5. The summed E-state index contributed by atoms with van der Waals surface area (Å²) in [5.74, 6) is 0.861. The normalized spacial score (nSPS) is 10.0. The Kier molecular flexibility index (Phi) is 7.85. The Hall–Kier alpha value is -2.12. The summed E-state index contributed by atoms with van der Waals surface area (Å²) in [6.45, 7) is 5.99. The fraction of sp³-hybridized carbons (Fsp3) is 0.692. The van der Waals surface area contributed by atoms with Crippen molar-refractivity contribution in [2.45, 2.75) is 33.1 Å². The largest absolute Gasteiger partial charge is 0.467 e. The summed E-state index contributed by atoms with van der Waals surface area (Å²) in [7, 11) is 1.50. The van der Waals surface area contributed by atoms with E-state index in [1.165, 1.54) is 7.11 Å². The Morgan fingerprint density at radius 2 is 1.62 bits per heavy atom. The van der Waals surface area contributed by atoms with Crippen molar-refractivity contribution in [1.29, 1.82) is 0 Å². The summed E-state index contributed by atoms with van der Waals surface area (Å²) in [5.41, 5.74) is 0. The summed E-state index contributed by atoms with van der Waals surface area (Å²) in [4.78, 5) is 23.9. The third kappa shape index (κ3) is 6.73. The molecule has 0 aliphatic rings. The lowest BCUT2D eigenvalue weighted by molar-refractivity contribution is -0.120. The number of methoxy groups -OCH3 is 1. The maximum Gasteiger partial charge on any atom is 0.322 e. The highest BCUT2D eigenvalue weighted by molar-refractivity contribution is 5.76. The molecule has 0 fully saturated rings. The highest BCUT2D eigenvalue weighted by Gasteiger charge is 2.07. The van der Waals surface area contributed by atoms with Gasteiger partial charge >= 0.3 is 6.01 Å². The standard InChI is InChI=1S/C13H24N6O2/c1-4-7-14-10(20)6-9-16-12-17-11(15-8-5-2)18-13(19-12)21-3/h4-9H2,1-3H3,(H,14,20)(H2,15,16,17,18,19). The molecule has 1 aromatic rings. The SMILES string of the molecule is CCCNC(=O)CCNc1nc(NCCC)nc(OC)n1. The van der Waals surface area contributed by atoms with Crippen LogP contribution in [0.25, 0.3) is 0 Å². The Balaban J connectivity index is 2.51. The van der Waals surface area contributed by atoms with Crippen molar-refractivity contribution in [2.24, 2.45) is 0 Å². The Morgan fingerprint density at radius 1 is 1.00 bits per heavy atom. The van der Waals surface area contributed by atoms with Crippen LogP contribution in [0.4, 0.5) is 11.9 Å². The molecule has 8 nitrogen and oxygen atoms in total. The van der Waals surface area contributed by atoms with Gasteiger partial charge in [0.1, 0.15) is 0 Å². The molecule has 0 saturated heterocycles. The number of nitrogens with one attached hydrogen (secondary N) is 3. The van der Waals surface area contributed by atoms with Crippen LogP contribution in [-0.2, 0) is 4.79 Å². The van der Waals surface area contributed by atoms with E-state index in [9.17, 15) is 4.79 Å². The van der Waals surface area contributed by atoms with Crippen LogP contribution in [0.5, 0.6) is 6.01 Å². The van der Waals surface area contributed by atoms with Gasteiger partial charge in [-0.3, -0.25) is 4.79 Å². The predicted molar refractivity (Wildman–Crippen MR) is 81.6 cm³/mol. The van der Waals surface area contributed by atoms with Crippen molar-refractivity contribution in [1.82, 2.24) is 20.3 Å². The summed E-state index contributed by atoms with van der Waals surface area (Å²) in [6.07, 6.45) is 2.26. The van der Waals surface area contributed by atoms with Crippen molar-refractivity contribution in [3.05, 3.63) is 0 Å². The third-order valence-corrected chi connectivity index (χ3v) is 2.54. The lowest BCUT2D eigenvalue weighted by atomic mass is 10.4. The minimum absolute atomic E-state index is 0.00898. The minimum atomic E-state index is 0.00898. The van der Waals surface area contributed by atoms with Crippen LogP contribution in [0.3, 0.4) is 0 Å². The number of ether oxygens (including phenoxy) is 1. The second-order valence-corrected chi connectivity index (χ2v) is 4.42. The van der Waals surface area contributed by atoms with Gasteiger partial charge in [0.05, 0.1) is 7.11 Å². The molecular weight excluding hydrogens is 272 g/mol. The molecule has 0 spiro atoms. The van der Waals surface area contributed by atoms with E-state index in [2.05, 4.69) is 37.8 Å². The van der Waals surface area contributed by atoms with E-state index in [1.54, 1.807) is 0 Å². The van der Waals surface area contributed by atoms with Crippen molar-refractivity contribution in [3.8, 4) is 6.01 Å². The molecule has 21 heavy (non-hydrogen) atoms. The van der Waals surface area contributed by atoms with E-state index in [0.717, 1.165) is 19.4 Å². The van der Waals surface area contributed by atoms with Crippen molar-refractivity contribution >= 4 is 17.8 Å². The van der Waals surface area contributed by atoms with Crippen LogP contribution < -0.4 is 20.7 Å². The number of amides is 1. The molecule has 0 aliphatic carbocycles. The van der Waals surface area contributed by atoms with Crippen LogP contribution in [0.2, 0.25) is 0 Å². The van der Waals surface area contributed by atoms with Gasteiger partial charge in [-0.15, -0.1) is 0 Å². The van der Waals surface area contributed by atoms with Crippen LogP contribution in [-0.4, -0.2) is 47.6 Å². The smallest absolute Gasteiger partial charge is 0.322 e. The molecule has 118 valence electrons. The predicted octanol–water partition coefficient (Wildman–Crippen LogP) is 1.03. The Morgan fingerprint density at radius 3 is 2.19 bits per heavy atom. The zero-order valence-corrected chi connectivity index (χ0v) is 12.9. The molecule has 1 heterocycles. The number of carbonyl (C=O) groups excluding carboxylic acids is 1. The maximum atomic E-state index is 11.5. The van der Waals surface area contributed by atoms with Gasteiger partial charge in [-0.25, -0.2) is 0 Å². The molecular formula is C13H24N6O2. The second-order valence-electron chi connectivity index (χ2n) is 4.42. The molecule has 3 N–H and O–H groups in total. The molecule has 0 aliphatic heterocycles. The molecule has 0 radical (unpaired) electrons. The van der Waals surface area contributed by atoms with Gasteiger partial charge < -0.3 is 20.7 Å². The van der Waals surface area contributed by atoms with Crippen LogP contribution in [0.1, 0.15) is 33.1 Å². The zero-order valence-electron chi connectivity index (χ0n) is 12.9. The topological polar surface area (TPSA) is 101 Å². The number of anilines is 2. The Labute approximate surface area is 125 Å². The fourth-order valence-electron chi connectivity index (χ4n) is 1.48. The number of aromatic nitrogens is 3. The molecule has 0 atom stereocenters. The summed E-state index contributed by atoms with van der Waals surface area (Å²) >= 11 is 0. The van der Waals surface area contributed by atoms with Gasteiger partial charge in [0, 0.05) is 26.1 Å². The number of rotatable bonds is 10. The van der Waals surface area contributed by atoms with Gasteiger partial charge in [-0.05, 0) is 12.8 Å². The first kappa shape index (κ1) is 16.9. The monoisotopic (exact) mass is 296 g/mol. The molecule has 0 unspecified atom stereocenters. The summed E-state index contributed by atoms with van der Waals surface area (Å²) in [5, 5.41) is 8.89. The van der Waals surface area contributed by atoms with Crippen molar-refractivity contribution in [2.75, 3.05) is 37.4 Å². The Bertz CT molecular complexity index is 441. The van der Waals surface area contributed by atoms with Crippen LogP contribution in [0, 0.1) is 0 Å². The molecule has 1 rings (SSSR count). The van der Waals surface area contributed by atoms with Gasteiger partial charge in [-0.2, -0.15) is 15.0 Å². The minimum Gasteiger partial charge on any atom is -0.467 e. The molecule has 0 bridgehead atoms. The first-order valence-electron chi connectivity index (χ1n) is 7.24. The lowest BCUT2D eigenvalue weighted by Gasteiger charge is -2.09. The van der Waals surface area contributed by atoms with Crippen molar-refractivity contribution < 1.29 is 9.53 Å². The molecule has 0 saturated carbocycles. The van der Waals surface area contributed by atoms with E-state index in [-0.39, 0.29) is 11.9 Å². The van der Waals surface area contributed by atoms with E-state index in [4.69, 9.17) is 4.74 Å². The van der Waals surface area contributed by atoms with E-state index >= 15 is 0 Å². The first-order valence-corrected chi connectivity index (χ1v) is 7.24. The average Bonchev–Trinajstić information content (AvgIpc) is 2.50. The highest BCUT2D eigenvalue weighted by atomic mass is 16.5. The fourth-order valence-corrected chi connectivity index (χ4v) is 1.48. The summed E-state index contributed by atoms with van der Waals surface area (Å²) < 4.78 is 5.03. The van der Waals surface area contributed by atoms with E-state index < -0.39 is 0 Å². The van der Waals surface area contributed by atoms with Crippen LogP contribution >= 0.6 is 0 Å². The number of nitrogens with zero attached hydrogens (tertiary/aromatic N) is 3. The lowest BCUT2D eigenvalue weighted by Crippen LogP contribution is -2.26. The quantitative estimate of drug-likeness (QED) is 0.592. The van der Waals surface area contributed by atoms with Gasteiger partial charge in [0.15, 0.2) is 0 Å². The molecule has 1 amide bonds. The highest BCUT2D eigenvalue weighted by Crippen LogP contribution is 2.10. The second kappa shape index (κ2) is 9.73. The number of hydrogen-bond donors (Lipinski definition) is 3. The van der Waals surface area contributed by atoms with E-state index in [1.807, 2.05) is 6.92 Å². The number of carbonyl (C=O) groups is 1. The van der Waals surface area contributed by atoms with Crippen LogP contribution in [0.15, 0.2) is 0 Å². The average molecular weight is 296 g/mol. The molecule has 1 aromatic heterocycles. The number of hydrogen-bond acceptors (Lipinski definition) is 7. The molecule has 0 aromatic carbocycles. The molecule has 8 heteroatoms. The summed E-state index contributed by atoms with van der Waals surface area (Å²) in [6, 6.07) is 0.238.